The average Bonchev–Trinajstić information content (AvgIpc) is 3.91. The number of fused-ring (bicyclic) bond motifs is 5. The molecule has 18 heteroatoms. The number of hydrogen-bond donors (Lipinski definition) is 3. The summed E-state index contributed by atoms with van der Waals surface area (Å²) in [5, 5.41) is 18.0. The zero-order valence-corrected chi connectivity index (χ0v) is 42.8. The average molecular weight is 1020 g/mol. The number of carbonyl (C=O) groups is 2. The van der Waals surface area contributed by atoms with Crippen LogP contribution in [0.25, 0.3) is 44.0 Å². The molecule has 2 amide bonds. The molecular formula is C57H65F2N11O5. The van der Waals surface area contributed by atoms with Crippen molar-refractivity contribution in [3.8, 4) is 35.4 Å². The standard InChI is InChI=1S/C57H65F2N11O5/c1-4-41-44(58)9-5-36-27-40(71)29-42(49(36)41)51-50(59)52-43(30-60-51)53(68-32-37-6-7-38(33-68)61-37)64-55(63-52)75-26-25-65-21-15-57(16-22-65)17-23-66(24-18-57)31-35-13-19-67(20-14-35)39-8-10-45-47(28-39)69(34(2)3)56(74)70(45)46-11-12-48(72)62-54(46)73/h1,5,8-10,27-30,34-35,37-38,46,61,71H,6-7,11-26,31-33H2,2-3H3,(H,62,72,73). The Labute approximate surface area is 434 Å². The molecule has 392 valence electrons. The van der Waals surface area contributed by atoms with Gasteiger partial charge in [0.25, 0.3) is 0 Å². The van der Waals surface area contributed by atoms with Crippen LogP contribution < -0.4 is 30.9 Å². The van der Waals surface area contributed by atoms with Crippen LogP contribution in [0.2, 0.25) is 0 Å². The lowest BCUT2D eigenvalue weighted by molar-refractivity contribution is -0.135. The normalized spacial score (nSPS) is 22.7. The van der Waals surface area contributed by atoms with Gasteiger partial charge in [-0.3, -0.25) is 33.9 Å². The zero-order valence-electron chi connectivity index (χ0n) is 42.8. The van der Waals surface area contributed by atoms with Crippen LogP contribution >= 0.6 is 0 Å². The summed E-state index contributed by atoms with van der Waals surface area (Å²) < 4.78 is 41.8. The SMILES string of the molecule is C#Cc1c(F)ccc2cc(O)cc(-c3ncc4c(N5CC6CCC(C5)N6)nc(OCCN5CCC6(CC5)CCN(CC5CCN(c7ccc8c(c7)n(C(C)C)c(=O)n8C7CCC(=O)NC7=O)CC5)CC6)nc4c3F)c12. The smallest absolute Gasteiger partial charge is 0.330 e. The molecule has 6 aromatic rings. The third-order valence-corrected chi connectivity index (χ3v) is 17.5. The first-order chi connectivity index (χ1) is 36.3. The van der Waals surface area contributed by atoms with Gasteiger partial charge in [-0.15, -0.1) is 6.42 Å². The summed E-state index contributed by atoms with van der Waals surface area (Å²) in [5.74, 6) is 1.40. The highest BCUT2D eigenvalue weighted by Gasteiger charge is 2.39. The van der Waals surface area contributed by atoms with Crippen LogP contribution in [0.4, 0.5) is 20.3 Å². The minimum atomic E-state index is -0.732. The van der Waals surface area contributed by atoms with Gasteiger partial charge in [0.15, 0.2) is 5.82 Å². The number of carbonyl (C=O) groups excluding carboxylic acids is 2. The molecule has 2 bridgehead atoms. The largest absolute Gasteiger partial charge is 0.508 e. The molecule has 75 heavy (non-hydrogen) atoms. The van der Waals surface area contributed by atoms with Gasteiger partial charge in [-0.1, -0.05) is 12.0 Å². The number of piperazine rings is 1. The Morgan fingerprint density at radius 1 is 0.867 bits per heavy atom. The van der Waals surface area contributed by atoms with Crippen molar-refractivity contribution in [2.45, 2.75) is 102 Å². The summed E-state index contributed by atoms with van der Waals surface area (Å²) in [4.78, 5) is 62.4. The fourth-order valence-electron chi connectivity index (χ4n) is 13.4. The number of imidazole rings is 1. The number of aromatic hydroxyl groups is 1. The van der Waals surface area contributed by atoms with Gasteiger partial charge in [-0.25, -0.2) is 13.6 Å². The number of aromatic nitrogens is 5. The predicted octanol–water partition coefficient (Wildman–Crippen LogP) is 6.90. The van der Waals surface area contributed by atoms with Crippen LogP contribution in [0.1, 0.15) is 95.7 Å². The fourth-order valence-corrected chi connectivity index (χ4v) is 13.4. The Balaban J connectivity index is 0.661. The number of likely N-dealkylation sites (tertiary alicyclic amines) is 2. The van der Waals surface area contributed by atoms with Crippen molar-refractivity contribution >= 4 is 56.0 Å². The first-order valence-electron chi connectivity index (χ1n) is 27.0. The van der Waals surface area contributed by atoms with Gasteiger partial charge in [0, 0.05) is 86.6 Å². The molecule has 0 aliphatic carbocycles. The first kappa shape index (κ1) is 49.2. The highest BCUT2D eigenvalue weighted by molar-refractivity contribution is 6.03. The number of nitrogens with zero attached hydrogens (tertiary/aromatic N) is 9. The summed E-state index contributed by atoms with van der Waals surface area (Å²) in [6.45, 7) is 13.6. The molecule has 12 rings (SSSR count). The molecule has 3 aromatic heterocycles. The van der Waals surface area contributed by atoms with Gasteiger partial charge in [-0.2, -0.15) is 9.97 Å². The van der Waals surface area contributed by atoms with Gasteiger partial charge in [0.1, 0.15) is 41.2 Å². The van der Waals surface area contributed by atoms with Crippen LogP contribution in [0.5, 0.6) is 11.8 Å². The van der Waals surface area contributed by atoms with E-state index in [0.717, 1.165) is 101 Å². The second-order valence-electron chi connectivity index (χ2n) is 22.4. The number of imide groups is 1. The van der Waals surface area contributed by atoms with Crippen LogP contribution in [-0.4, -0.2) is 135 Å². The number of pyridine rings is 1. The molecule has 1 spiro atoms. The molecule has 3 aromatic carbocycles. The van der Waals surface area contributed by atoms with Crippen LogP contribution in [0, 0.1) is 35.3 Å². The van der Waals surface area contributed by atoms with Crippen molar-refractivity contribution < 1.29 is 28.2 Å². The van der Waals surface area contributed by atoms with E-state index in [1.165, 1.54) is 37.1 Å². The number of rotatable bonds is 11. The fraction of sp³-hybridized carbons (Fsp3) is 0.509. The Bertz CT molecular complexity index is 3310. The van der Waals surface area contributed by atoms with E-state index < -0.39 is 23.6 Å². The number of phenolic OH excluding ortho intramolecular Hbond substituents is 1. The summed E-state index contributed by atoms with van der Waals surface area (Å²) in [7, 11) is 0. The number of ether oxygens (including phenoxy) is 1. The van der Waals surface area contributed by atoms with Crippen LogP contribution in [0.15, 0.2) is 53.5 Å². The molecule has 0 radical (unpaired) electrons. The molecule has 6 aliphatic rings. The Morgan fingerprint density at radius 2 is 1.60 bits per heavy atom. The quantitative estimate of drug-likeness (QED) is 0.0908. The van der Waals surface area contributed by atoms with E-state index in [-0.39, 0.29) is 63.5 Å². The molecule has 9 heterocycles. The topological polar surface area (TPSA) is 166 Å². The van der Waals surface area contributed by atoms with E-state index in [2.05, 4.69) is 58.3 Å². The van der Waals surface area contributed by atoms with E-state index >= 15 is 8.78 Å². The predicted molar refractivity (Wildman–Crippen MR) is 284 cm³/mol. The molecule has 3 atom stereocenters. The van der Waals surface area contributed by atoms with Crippen molar-refractivity contribution in [2.24, 2.45) is 11.3 Å². The van der Waals surface area contributed by atoms with Gasteiger partial charge in [-0.05, 0) is 151 Å². The second-order valence-corrected chi connectivity index (χ2v) is 22.4. The van der Waals surface area contributed by atoms with E-state index in [9.17, 15) is 19.5 Å². The monoisotopic (exact) mass is 1020 g/mol. The number of piperidine rings is 4. The number of benzene rings is 3. The van der Waals surface area contributed by atoms with Crippen molar-refractivity contribution in [3.63, 3.8) is 0 Å². The molecule has 0 saturated carbocycles. The first-order valence-corrected chi connectivity index (χ1v) is 27.0. The summed E-state index contributed by atoms with van der Waals surface area (Å²) in [6, 6.07) is 11.6. The van der Waals surface area contributed by atoms with Gasteiger partial charge in [0.05, 0.1) is 22.0 Å². The Hall–Kier alpha value is -6.68. The molecule has 6 fully saturated rings. The van der Waals surface area contributed by atoms with Crippen molar-refractivity contribution in [3.05, 3.63) is 76.3 Å². The third kappa shape index (κ3) is 9.24. The Kier molecular flexibility index (Phi) is 13.0. The zero-order chi connectivity index (χ0) is 51.7. The van der Waals surface area contributed by atoms with Crippen molar-refractivity contribution in [1.82, 2.24) is 44.5 Å². The molecule has 3 unspecified atom stereocenters. The van der Waals surface area contributed by atoms with E-state index in [1.54, 1.807) is 15.3 Å². The molecule has 6 aliphatic heterocycles. The maximum Gasteiger partial charge on any atom is 0.330 e. The number of phenols is 1. The summed E-state index contributed by atoms with van der Waals surface area (Å²) in [5.41, 5.74) is 2.82. The number of nitrogens with one attached hydrogen (secondary N) is 2. The highest BCUT2D eigenvalue weighted by Crippen LogP contribution is 2.43. The van der Waals surface area contributed by atoms with E-state index in [0.29, 0.717) is 72.7 Å². The number of hydrogen-bond acceptors (Lipinski definition) is 13. The number of halogens is 2. The lowest BCUT2D eigenvalue weighted by Gasteiger charge is -2.47. The minimum Gasteiger partial charge on any atom is -0.508 e. The van der Waals surface area contributed by atoms with E-state index in [4.69, 9.17) is 16.1 Å². The Morgan fingerprint density at radius 3 is 2.31 bits per heavy atom. The van der Waals surface area contributed by atoms with Gasteiger partial charge in [0.2, 0.25) is 11.8 Å². The van der Waals surface area contributed by atoms with Crippen molar-refractivity contribution in [2.75, 3.05) is 81.9 Å². The maximum atomic E-state index is 17.1. The maximum absolute atomic E-state index is 17.1. The van der Waals surface area contributed by atoms with E-state index in [1.807, 2.05) is 19.9 Å². The number of terminal acetylenes is 1. The van der Waals surface area contributed by atoms with Crippen molar-refractivity contribution in [1.29, 1.82) is 0 Å². The third-order valence-electron chi connectivity index (χ3n) is 17.5. The lowest BCUT2D eigenvalue weighted by atomic mass is 9.71. The summed E-state index contributed by atoms with van der Waals surface area (Å²) in [6.07, 6.45) is 16.9. The molecule has 16 nitrogen and oxygen atoms in total. The summed E-state index contributed by atoms with van der Waals surface area (Å²) >= 11 is 0. The lowest BCUT2D eigenvalue weighted by Crippen LogP contribution is -2.51. The molecule has 6 saturated heterocycles. The van der Waals surface area contributed by atoms with Crippen LogP contribution in [0.3, 0.4) is 0 Å². The van der Waals surface area contributed by atoms with Gasteiger partial charge < -0.3 is 29.9 Å². The second kappa shape index (κ2) is 19.8. The number of anilines is 2. The molecule has 3 N–H and O–H groups in total. The molecular weight excluding hydrogens is 957 g/mol. The van der Waals surface area contributed by atoms with Gasteiger partial charge >= 0.3 is 11.7 Å². The minimum absolute atomic E-state index is 0.0356. The van der Waals surface area contributed by atoms with Crippen LogP contribution in [-0.2, 0) is 9.59 Å². The highest BCUT2D eigenvalue weighted by atomic mass is 19.1. The number of amides is 2.